The van der Waals surface area contributed by atoms with Gasteiger partial charge in [0, 0.05) is 19.0 Å². The minimum atomic E-state index is -4.02. The molecule has 2 atom stereocenters. The van der Waals surface area contributed by atoms with Crippen molar-refractivity contribution in [2.75, 3.05) is 26.2 Å². The number of nitrogens with zero attached hydrogens (tertiary/aromatic N) is 1. The van der Waals surface area contributed by atoms with Crippen LogP contribution in [0, 0.1) is 5.92 Å². The summed E-state index contributed by atoms with van der Waals surface area (Å²) >= 11 is 0. The van der Waals surface area contributed by atoms with E-state index in [1.165, 1.54) is 12.8 Å². The van der Waals surface area contributed by atoms with E-state index in [1.54, 1.807) is 0 Å². The molecular weight excluding hydrogens is 241 g/mol. The first-order valence-electron chi connectivity index (χ1n) is 6.95. The molecule has 0 aliphatic carbocycles. The fourth-order valence-electron chi connectivity index (χ4n) is 2.57. The van der Waals surface area contributed by atoms with E-state index in [2.05, 4.69) is 24.1 Å². The Morgan fingerprint density at radius 3 is 2.72 bits per heavy atom. The Labute approximate surface area is 108 Å². The largest absolute Gasteiger partial charge is 0.389 e. The van der Waals surface area contributed by atoms with Crippen molar-refractivity contribution in [3.63, 3.8) is 0 Å². The maximum absolute atomic E-state index is 12.0. The van der Waals surface area contributed by atoms with Crippen molar-refractivity contribution in [3.05, 3.63) is 0 Å². The van der Waals surface area contributed by atoms with E-state index in [4.69, 9.17) is 0 Å². The van der Waals surface area contributed by atoms with Gasteiger partial charge in [0.25, 0.3) is 0 Å². The quantitative estimate of drug-likeness (QED) is 0.743. The van der Waals surface area contributed by atoms with Gasteiger partial charge in [-0.2, -0.15) is 13.2 Å². The summed E-state index contributed by atoms with van der Waals surface area (Å²) in [4.78, 5) is 2.42. The molecule has 0 aromatic rings. The van der Waals surface area contributed by atoms with Crippen LogP contribution < -0.4 is 5.32 Å². The Morgan fingerprint density at radius 2 is 2.11 bits per heavy atom. The van der Waals surface area contributed by atoms with Crippen LogP contribution in [0.4, 0.5) is 13.2 Å². The van der Waals surface area contributed by atoms with Gasteiger partial charge in [-0.1, -0.05) is 6.92 Å². The van der Waals surface area contributed by atoms with Gasteiger partial charge in [0.2, 0.25) is 0 Å². The van der Waals surface area contributed by atoms with Gasteiger partial charge < -0.3 is 10.2 Å². The van der Waals surface area contributed by atoms with E-state index in [0.29, 0.717) is 18.5 Å². The molecule has 0 spiro atoms. The summed E-state index contributed by atoms with van der Waals surface area (Å²) in [7, 11) is 0. The van der Waals surface area contributed by atoms with Gasteiger partial charge in [0.1, 0.15) is 0 Å². The monoisotopic (exact) mass is 266 g/mol. The Balaban J connectivity index is 2.17. The average molecular weight is 266 g/mol. The lowest BCUT2D eigenvalue weighted by atomic mass is 9.91. The zero-order chi connectivity index (χ0) is 13.6. The highest BCUT2D eigenvalue weighted by atomic mass is 19.4. The Bertz CT molecular complexity index is 231. The van der Waals surface area contributed by atoms with Gasteiger partial charge in [-0.15, -0.1) is 0 Å². The molecule has 1 saturated heterocycles. The summed E-state index contributed by atoms with van der Waals surface area (Å²) in [5, 5.41) is 3.24. The van der Waals surface area contributed by atoms with Crippen molar-refractivity contribution >= 4 is 0 Å². The molecule has 0 radical (unpaired) electrons. The predicted octanol–water partition coefficient (Wildman–Crippen LogP) is 3.04. The molecule has 0 bridgehead atoms. The second-order valence-electron chi connectivity index (χ2n) is 5.26. The summed E-state index contributed by atoms with van der Waals surface area (Å²) in [6, 6.07) is 0.313. The smallest absolute Gasteiger partial charge is 0.314 e. The van der Waals surface area contributed by atoms with Crippen molar-refractivity contribution in [2.45, 2.75) is 51.7 Å². The van der Waals surface area contributed by atoms with Crippen LogP contribution in [0.5, 0.6) is 0 Å². The van der Waals surface area contributed by atoms with E-state index in [0.717, 1.165) is 19.6 Å². The lowest BCUT2D eigenvalue weighted by molar-refractivity contribution is -0.135. The Kier molecular flexibility index (Phi) is 6.43. The van der Waals surface area contributed by atoms with Gasteiger partial charge in [-0.05, 0) is 51.7 Å². The van der Waals surface area contributed by atoms with Crippen molar-refractivity contribution in [2.24, 2.45) is 5.92 Å². The van der Waals surface area contributed by atoms with Gasteiger partial charge in [-0.25, -0.2) is 0 Å². The number of halogens is 3. The van der Waals surface area contributed by atoms with E-state index in [9.17, 15) is 13.2 Å². The lowest BCUT2D eigenvalue weighted by Gasteiger charge is -2.35. The Hall–Kier alpha value is -0.290. The van der Waals surface area contributed by atoms with Crippen LogP contribution in [0.25, 0.3) is 0 Å². The fraction of sp³-hybridized carbons (Fsp3) is 1.00. The molecule has 0 saturated carbocycles. The molecule has 1 heterocycles. The standard InChI is InChI=1S/C13H25F3N2/c1-3-18-9-4-6-12(10-18)11(2)17-8-5-7-13(14,15)16/h11-12,17H,3-10H2,1-2H3. The van der Waals surface area contributed by atoms with Crippen molar-refractivity contribution in [1.82, 2.24) is 10.2 Å². The second-order valence-corrected chi connectivity index (χ2v) is 5.26. The summed E-state index contributed by atoms with van der Waals surface area (Å²) in [6.45, 7) is 8.01. The van der Waals surface area contributed by atoms with Crippen LogP contribution in [0.1, 0.15) is 39.5 Å². The van der Waals surface area contributed by atoms with Gasteiger partial charge in [0.05, 0.1) is 0 Å². The molecule has 1 fully saturated rings. The topological polar surface area (TPSA) is 15.3 Å². The first kappa shape index (κ1) is 15.8. The van der Waals surface area contributed by atoms with E-state index < -0.39 is 12.6 Å². The summed E-state index contributed by atoms with van der Waals surface area (Å²) in [5.41, 5.74) is 0. The first-order valence-corrected chi connectivity index (χ1v) is 6.95. The van der Waals surface area contributed by atoms with Crippen LogP contribution in [0.2, 0.25) is 0 Å². The second kappa shape index (κ2) is 7.34. The zero-order valence-electron chi connectivity index (χ0n) is 11.4. The fourth-order valence-corrected chi connectivity index (χ4v) is 2.57. The maximum atomic E-state index is 12.0. The van der Waals surface area contributed by atoms with Crippen molar-refractivity contribution in [1.29, 1.82) is 0 Å². The van der Waals surface area contributed by atoms with E-state index >= 15 is 0 Å². The minimum absolute atomic E-state index is 0.179. The zero-order valence-corrected chi connectivity index (χ0v) is 11.4. The van der Waals surface area contributed by atoms with Gasteiger partial charge in [-0.3, -0.25) is 0 Å². The molecule has 18 heavy (non-hydrogen) atoms. The molecule has 0 amide bonds. The van der Waals surface area contributed by atoms with Crippen molar-refractivity contribution < 1.29 is 13.2 Å². The lowest BCUT2D eigenvalue weighted by Crippen LogP contribution is -2.44. The van der Waals surface area contributed by atoms with Crippen LogP contribution in [-0.2, 0) is 0 Å². The SMILES string of the molecule is CCN1CCCC(C(C)NCCCC(F)(F)F)C1. The van der Waals surface area contributed by atoms with Crippen LogP contribution in [0.15, 0.2) is 0 Å². The molecular formula is C13H25F3N2. The van der Waals surface area contributed by atoms with Crippen molar-refractivity contribution in [3.8, 4) is 0 Å². The van der Waals surface area contributed by atoms with Gasteiger partial charge in [0.15, 0.2) is 0 Å². The first-order chi connectivity index (χ1) is 8.42. The van der Waals surface area contributed by atoms with Crippen LogP contribution >= 0.6 is 0 Å². The highest BCUT2D eigenvalue weighted by Crippen LogP contribution is 2.22. The molecule has 108 valence electrons. The van der Waals surface area contributed by atoms with Crippen LogP contribution in [-0.4, -0.2) is 43.3 Å². The molecule has 0 aromatic heterocycles. The summed E-state index contributed by atoms with van der Waals surface area (Å²) < 4.78 is 36.0. The number of piperidine rings is 1. The molecule has 5 heteroatoms. The van der Waals surface area contributed by atoms with Crippen LogP contribution in [0.3, 0.4) is 0 Å². The number of nitrogens with one attached hydrogen (secondary N) is 1. The molecule has 2 unspecified atom stereocenters. The molecule has 0 aromatic carbocycles. The normalized spacial score (nSPS) is 24.2. The van der Waals surface area contributed by atoms with Gasteiger partial charge >= 0.3 is 6.18 Å². The molecule has 1 rings (SSSR count). The molecule has 2 nitrogen and oxygen atoms in total. The maximum Gasteiger partial charge on any atom is 0.389 e. The third kappa shape index (κ3) is 6.05. The predicted molar refractivity (Wildman–Crippen MR) is 67.6 cm³/mol. The molecule has 1 N–H and O–H groups in total. The highest BCUT2D eigenvalue weighted by Gasteiger charge is 2.27. The number of hydrogen-bond donors (Lipinski definition) is 1. The number of hydrogen-bond acceptors (Lipinski definition) is 2. The van der Waals surface area contributed by atoms with E-state index in [-0.39, 0.29) is 6.42 Å². The number of rotatable bonds is 6. The summed E-state index contributed by atoms with van der Waals surface area (Å²) in [5.74, 6) is 0.574. The third-order valence-electron chi connectivity index (χ3n) is 3.80. The summed E-state index contributed by atoms with van der Waals surface area (Å²) in [6.07, 6.45) is -2.14. The number of likely N-dealkylation sites (tertiary alicyclic amines) is 1. The molecule has 1 aliphatic rings. The highest BCUT2D eigenvalue weighted by molar-refractivity contribution is 4.79. The average Bonchev–Trinajstić information content (AvgIpc) is 2.33. The minimum Gasteiger partial charge on any atom is -0.314 e. The van der Waals surface area contributed by atoms with E-state index in [1.807, 2.05) is 0 Å². The number of alkyl halides is 3. The Morgan fingerprint density at radius 1 is 1.39 bits per heavy atom. The third-order valence-corrected chi connectivity index (χ3v) is 3.80. The molecule has 1 aliphatic heterocycles.